The molecule has 1 nitrogen and oxygen atoms in total. The Morgan fingerprint density at radius 1 is 1.00 bits per heavy atom. The van der Waals surface area contributed by atoms with Gasteiger partial charge >= 0.3 is 0 Å². The molecule has 0 fully saturated rings. The third-order valence-corrected chi connectivity index (χ3v) is 4.02. The summed E-state index contributed by atoms with van der Waals surface area (Å²) in [4.78, 5) is 2.48. The molecule has 16 heavy (non-hydrogen) atoms. The molecule has 0 aromatic heterocycles. The number of nitrogens with zero attached hydrogens (tertiary/aromatic N) is 1. The summed E-state index contributed by atoms with van der Waals surface area (Å²) in [5.74, 6) is 0. The molecule has 0 radical (unpaired) electrons. The van der Waals surface area contributed by atoms with Gasteiger partial charge in [-0.15, -0.1) is 0 Å². The Hall–Kier alpha value is -0.500. The maximum absolute atomic E-state index is 3.62. The number of aryl methyl sites for hydroxylation is 2. The number of hydrogen-bond acceptors (Lipinski definition) is 1. The molecule has 0 saturated carbocycles. The van der Waals surface area contributed by atoms with Crippen LogP contribution in [0.4, 0.5) is 5.69 Å². The second-order valence-electron chi connectivity index (χ2n) is 4.38. The van der Waals surface area contributed by atoms with Crippen molar-refractivity contribution in [2.45, 2.75) is 40.5 Å². The van der Waals surface area contributed by atoms with E-state index in [9.17, 15) is 0 Å². The predicted molar refractivity (Wildman–Crippen MR) is 76.4 cm³/mol. The lowest BCUT2D eigenvalue weighted by Crippen LogP contribution is -2.25. The summed E-state index contributed by atoms with van der Waals surface area (Å²) in [6.45, 7) is 11.1. The zero-order valence-corrected chi connectivity index (χ0v) is 12.4. The highest BCUT2D eigenvalue weighted by atomic mass is 79.9. The van der Waals surface area contributed by atoms with E-state index < -0.39 is 0 Å². The molecule has 0 bridgehead atoms. The summed E-state index contributed by atoms with van der Waals surface area (Å²) in [6.07, 6.45) is 2.41. The van der Waals surface area contributed by atoms with E-state index in [0.717, 1.165) is 13.1 Å². The zero-order valence-electron chi connectivity index (χ0n) is 10.8. The summed E-state index contributed by atoms with van der Waals surface area (Å²) in [5.41, 5.74) is 4.02. The molecule has 1 aromatic carbocycles. The van der Waals surface area contributed by atoms with Gasteiger partial charge in [-0.25, -0.2) is 0 Å². The number of benzene rings is 1. The van der Waals surface area contributed by atoms with Crippen molar-refractivity contribution in [1.82, 2.24) is 0 Å². The van der Waals surface area contributed by atoms with Gasteiger partial charge < -0.3 is 4.90 Å². The van der Waals surface area contributed by atoms with Crippen molar-refractivity contribution in [3.63, 3.8) is 0 Å². The molecule has 0 unspecified atom stereocenters. The van der Waals surface area contributed by atoms with Crippen molar-refractivity contribution >= 4 is 21.6 Å². The van der Waals surface area contributed by atoms with Gasteiger partial charge in [-0.1, -0.05) is 29.8 Å². The van der Waals surface area contributed by atoms with Crippen molar-refractivity contribution in [2.75, 3.05) is 18.0 Å². The topological polar surface area (TPSA) is 3.24 Å². The molecule has 0 atom stereocenters. The van der Waals surface area contributed by atoms with Crippen LogP contribution in [0.2, 0.25) is 0 Å². The van der Waals surface area contributed by atoms with Crippen LogP contribution in [0.15, 0.2) is 16.6 Å². The molecular formula is C14H22BrN. The Balaban J connectivity index is 3.00. The minimum absolute atomic E-state index is 1.15. The fourth-order valence-electron chi connectivity index (χ4n) is 2.02. The second kappa shape index (κ2) is 6.29. The third-order valence-electron chi connectivity index (χ3n) is 2.77. The average molecular weight is 284 g/mol. The molecule has 0 spiro atoms. The fraction of sp³-hybridized carbons (Fsp3) is 0.571. The first kappa shape index (κ1) is 13.6. The standard InChI is InChI=1S/C14H22BrN/c1-5-7-16(8-6-2)13-9-11(3)14(15)12(4)10-13/h9-10H,5-8H2,1-4H3. The first-order valence-corrected chi connectivity index (χ1v) is 6.91. The van der Waals surface area contributed by atoms with Gasteiger partial charge in [0.05, 0.1) is 0 Å². The van der Waals surface area contributed by atoms with Crippen molar-refractivity contribution in [3.8, 4) is 0 Å². The van der Waals surface area contributed by atoms with Crippen LogP contribution in [-0.4, -0.2) is 13.1 Å². The Kier molecular flexibility index (Phi) is 5.33. The highest BCUT2D eigenvalue weighted by molar-refractivity contribution is 9.10. The second-order valence-corrected chi connectivity index (χ2v) is 5.17. The van der Waals surface area contributed by atoms with Crippen molar-refractivity contribution in [1.29, 1.82) is 0 Å². The van der Waals surface area contributed by atoms with Crippen molar-refractivity contribution in [2.24, 2.45) is 0 Å². The minimum atomic E-state index is 1.15. The van der Waals surface area contributed by atoms with Crippen LogP contribution < -0.4 is 4.90 Å². The van der Waals surface area contributed by atoms with Crippen LogP contribution in [0, 0.1) is 13.8 Å². The molecular weight excluding hydrogens is 262 g/mol. The summed E-state index contributed by atoms with van der Waals surface area (Å²) in [7, 11) is 0. The molecule has 0 aliphatic rings. The van der Waals surface area contributed by atoms with Crippen LogP contribution >= 0.6 is 15.9 Å². The summed E-state index contributed by atoms with van der Waals surface area (Å²) in [5, 5.41) is 0. The van der Waals surface area contributed by atoms with Crippen molar-refractivity contribution in [3.05, 3.63) is 27.7 Å². The fourth-order valence-corrected chi connectivity index (χ4v) is 2.24. The SMILES string of the molecule is CCCN(CCC)c1cc(C)c(Br)c(C)c1. The molecule has 0 amide bonds. The number of hydrogen-bond donors (Lipinski definition) is 0. The smallest absolute Gasteiger partial charge is 0.0372 e. The van der Waals surface area contributed by atoms with Crippen LogP contribution in [0.1, 0.15) is 37.8 Å². The molecule has 1 rings (SSSR count). The Labute approximate surface area is 108 Å². The van der Waals surface area contributed by atoms with Crippen molar-refractivity contribution < 1.29 is 0 Å². The van der Waals surface area contributed by atoms with Gasteiger partial charge in [-0.2, -0.15) is 0 Å². The quantitative estimate of drug-likeness (QED) is 0.758. The molecule has 1 aromatic rings. The number of halogens is 1. The Bertz CT molecular complexity index is 318. The van der Waals surface area contributed by atoms with E-state index in [4.69, 9.17) is 0 Å². The van der Waals surface area contributed by atoms with Crippen LogP contribution in [-0.2, 0) is 0 Å². The highest BCUT2D eigenvalue weighted by Gasteiger charge is 2.08. The monoisotopic (exact) mass is 283 g/mol. The number of rotatable bonds is 5. The largest absolute Gasteiger partial charge is 0.372 e. The predicted octanol–water partition coefficient (Wildman–Crippen LogP) is 4.69. The molecule has 0 aliphatic carbocycles. The molecule has 90 valence electrons. The van der Waals surface area contributed by atoms with Crippen LogP contribution in [0.25, 0.3) is 0 Å². The van der Waals surface area contributed by atoms with Crippen LogP contribution in [0.3, 0.4) is 0 Å². The van der Waals surface area contributed by atoms with E-state index in [2.05, 4.69) is 60.7 Å². The maximum Gasteiger partial charge on any atom is 0.0372 e. The van der Waals surface area contributed by atoms with Gasteiger partial charge in [-0.05, 0) is 49.9 Å². The van der Waals surface area contributed by atoms with Gasteiger partial charge in [0, 0.05) is 23.2 Å². The lowest BCUT2D eigenvalue weighted by Gasteiger charge is -2.25. The van der Waals surface area contributed by atoms with E-state index in [1.807, 2.05) is 0 Å². The summed E-state index contributed by atoms with van der Waals surface area (Å²) < 4.78 is 1.24. The normalized spacial score (nSPS) is 10.6. The zero-order chi connectivity index (χ0) is 12.1. The first-order chi connectivity index (χ1) is 7.60. The molecule has 0 heterocycles. The van der Waals surface area contributed by atoms with Gasteiger partial charge in [0.15, 0.2) is 0 Å². The van der Waals surface area contributed by atoms with Gasteiger partial charge in [0.25, 0.3) is 0 Å². The minimum Gasteiger partial charge on any atom is -0.372 e. The van der Waals surface area contributed by atoms with E-state index in [0.29, 0.717) is 0 Å². The van der Waals surface area contributed by atoms with E-state index in [1.165, 1.54) is 34.1 Å². The lowest BCUT2D eigenvalue weighted by molar-refractivity contribution is 0.744. The Morgan fingerprint density at radius 2 is 1.44 bits per heavy atom. The van der Waals surface area contributed by atoms with Gasteiger partial charge in [-0.3, -0.25) is 0 Å². The highest BCUT2D eigenvalue weighted by Crippen LogP contribution is 2.27. The summed E-state index contributed by atoms with van der Waals surface area (Å²) >= 11 is 3.62. The van der Waals surface area contributed by atoms with E-state index in [-0.39, 0.29) is 0 Å². The van der Waals surface area contributed by atoms with Crippen LogP contribution in [0.5, 0.6) is 0 Å². The summed E-state index contributed by atoms with van der Waals surface area (Å²) in [6, 6.07) is 4.56. The van der Waals surface area contributed by atoms with E-state index >= 15 is 0 Å². The Morgan fingerprint density at radius 3 is 1.81 bits per heavy atom. The molecule has 0 N–H and O–H groups in total. The van der Waals surface area contributed by atoms with E-state index in [1.54, 1.807) is 0 Å². The third kappa shape index (κ3) is 3.24. The maximum atomic E-state index is 3.62. The first-order valence-electron chi connectivity index (χ1n) is 6.11. The van der Waals surface area contributed by atoms with Gasteiger partial charge in [0.1, 0.15) is 0 Å². The number of anilines is 1. The van der Waals surface area contributed by atoms with Gasteiger partial charge in [0.2, 0.25) is 0 Å². The molecule has 0 aliphatic heterocycles. The average Bonchev–Trinajstić information content (AvgIpc) is 2.25. The molecule has 0 saturated heterocycles. The molecule has 2 heteroatoms. The lowest BCUT2D eigenvalue weighted by atomic mass is 10.1.